The number of nitrogens with zero attached hydrogens (tertiary/aromatic N) is 1. The van der Waals surface area contributed by atoms with Gasteiger partial charge in [0.25, 0.3) is 0 Å². The number of nitrogens with one attached hydrogen (secondary N) is 1. The molecule has 1 unspecified atom stereocenters. The fraction of sp³-hybridized carbons (Fsp3) is 0.457. The minimum absolute atomic E-state index is 0.197. The number of benzene rings is 1. The van der Waals surface area contributed by atoms with Crippen molar-refractivity contribution in [1.82, 2.24) is 5.32 Å². The lowest BCUT2D eigenvalue weighted by Gasteiger charge is -2.29. The van der Waals surface area contributed by atoms with Gasteiger partial charge in [-0.2, -0.15) is 0 Å². The summed E-state index contributed by atoms with van der Waals surface area (Å²) in [7, 11) is 0. The summed E-state index contributed by atoms with van der Waals surface area (Å²) in [6.07, 6.45) is 13.7. The van der Waals surface area contributed by atoms with Crippen LogP contribution in [0.5, 0.6) is 0 Å². The average molecular weight is 516 g/mol. The van der Waals surface area contributed by atoms with Crippen molar-refractivity contribution in [2.75, 3.05) is 13.2 Å². The lowest BCUT2D eigenvalue weighted by atomic mass is 9.76. The minimum atomic E-state index is 0.197. The number of allylic oxidation sites excluding steroid dienone is 7. The quantitative estimate of drug-likeness (QED) is 0.106. The summed E-state index contributed by atoms with van der Waals surface area (Å²) in [5.74, 6) is 0.495. The van der Waals surface area contributed by atoms with Crippen LogP contribution in [0.15, 0.2) is 78.0 Å². The number of hydrogen-bond donors (Lipinski definition) is 2. The fourth-order valence-electron chi connectivity index (χ4n) is 4.47. The molecule has 1 rings (SSSR count). The van der Waals surface area contributed by atoms with E-state index in [2.05, 4.69) is 110 Å². The Kier molecular flexibility index (Phi) is 14.1. The maximum absolute atomic E-state index is 6.13. The Hall–Kier alpha value is -2.91. The first-order valence-corrected chi connectivity index (χ1v) is 14.1. The van der Waals surface area contributed by atoms with Gasteiger partial charge in [-0.05, 0) is 89.0 Å². The van der Waals surface area contributed by atoms with E-state index in [-0.39, 0.29) is 5.41 Å². The molecule has 0 amide bonds. The van der Waals surface area contributed by atoms with E-state index >= 15 is 0 Å². The summed E-state index contributed by atoms with van der Waals surface area (Å²) in [5, 5.41) is 3.21. The summed E-state index contributed by atoms with van der Waals surface area (Å²) in [4.78, 5) is 4.55. The van der Waals surface area contributed by atoms with E-state index in [0.29, 0.717) is 12.6 Å². The van der Waals surface area contributed by atoms with Crippen molar-refractivity contribution < 1.29 is 0 Å². The van der Waals surface area contributed by atoms with Crippen LogP contribution in [-0.4, -0.2) is 19.4 Å². The van der Waals surface area contributed by atoms with Gasteiger partial charge in [-0.1, -0.05) is 91.5 Å². The lowest BCUT2D eigenvalue weighted by Crippen LogP contribution is -2.20. The molecule has 3 heteroatoms. The maximum atomic E-state index is 6.13. The smallest absolute Gasteiger partial charge is 0.0887 e. The molecule has 0 radical (unpaired) electrons. The van der Waals surface area contributed by atoms with Gasteiger partial charge < -0.3 is 5.73 Å². The first-order valence-electron chi connectivity index (χ1n) is 14.1. The average Bonchev–Trinajstić information content (AvgIpc) is 2.86. The van der Waals surface area contributed by atoms with Gasteiger partial charge in [0, 0.05) is 24.5 Å². The molecule has 0 fully saturated rings. The van der Waals surface area contributed by atoms with E-state index in [1.807, 2.05) is 12.3 Å². The van der Waals surface area contributed by atoms with Crippen LogP contribution < -0.4 is 11.1 Å². The highest BCUT2D eigenvalue weighted by Crippen LogP contribution is 2.35. The van der Waals surface area contributed by atoms with Crippen LogP contribution in [0.25, 0.3) is 11.1 Å². The second-order valence-corrected chi connectivity index (χ2v) is 11.2. The van der Waals surface area contributed by atoms with Crippen molar-refractivity contribution in [3.8, 4) is 0 Å². The van der Waals surface area contributed by atoms with Gasteiger partial charge in [0.1, 0.15) is 0 Å². The van der Waals surface area contributed by atoms with Gasteiger partial charge in [-0.15, -0.1) is 6.58 Å². The molecule has 3 N–H and O–H groups in total. The molecule has 0 saturated carbocycles. The number of aliphatic imine (C=N–C) groups is 1. The zero-order valence-electron chi connectivity index (χ0n) is 25.5. The molecule has 0 heterocycles. The molecule has 3 nitrogen and oxygen atoms in total. The Labute approximate surface area is 234 Å². The number of hydrogen-bond acceptors (Lipinski definition) is 3. The SMILES string of the molecule is C=CCNCN=C/C(=C\N)c1cc(CC(C)C(C)(C)C)c(/C(C)=C/C(=C)/C(=C\C)C(=C)CCC)cc1CC. The molecule has 0 spiro atoms. The Morgan fingerprint density at radius 1 is 1.13 bits per heavy atom. The van der Waals surface area contributed by atoms with Crippen LogP contribution in [0, 0.1) is 11.3 Å². The van der Waals surface area contributed by atoms with Crippen LogP contribution in [-0.2, 0) is 12.8 Å². The van der Waals surface area contributed by atoms with Gasteiger partial charge in [0.05, 0.1) is 6.67 Å². The summed E-state index contributed by atoms with van der Waals surface area (Å²) in [6.45, 7) is 31.7. The minimum Gasteiger partial charge on any atom is -0.404 e. The van der Waals surface area contributed by atoms with E-state index in [4.69, 9.17) is 5.73 Å². The zero-order chi connectivity index (χ0) is 28.9. The molecule has 1 atom stereocenters. The van der Waals surface area contributed by atoms with Crippen molar-refractivity contribution in [2.24, 2.45) is 22.1 Å². The Morgan fingerprint density at radius 3 is 2.32 bits per heavy atom. The summed E-state index contributed by atoms with van der Waals surface area (Å²) in [5.41, 5.74) is 16.8. The van der Waals surface area contributed by atoms with Gasteiger partial charge in [-0.3, -0.25) is 10.3 Å². The number of aryl methyl sites for hydroxylation is 1. The van der Waals surface area contributed by atoms with Gasteiger partial charge >= 0.3 is 0 Å². The van der Waals surface area contributed by atoms with Crippen molar-refractivity contribution in [2.45, 2.75) is 81.1 Å². The number of nitrogens with two attached hydrogens (primary N) is 1. The summed E-state index contributed by atoms with van der Waals surface area (Å²) < 4.78 is 0. The Bertz CT molecular complexity index is 1090. The van der Waals surface area contributed by atoms with Crippen molar-refractivity contribution >= 4 is 17.4 Å². The first-order chi connectivity index (χ1) is 17.9. The highest BCUT2D eigenvalue weighted by atomic mass is 15.0. The van der Waals surface area contributed by atoms with Gasteiger partial charge in [0.2, 0.25) is 0 Å². The molecule has 0 aromatic heterocycles. The predicted molar refractivity (Wildman–Crippen MR) is 172 cm³/mol. The van der Waals surface area contributed by atoms with E-state index in [9.17, 15) is 0 Å². The fourth-order valence-corrected chi connectivity index (χ4v) is 4.47. The first kappa shape index (κ1) is 33.1. The second kappa shape index (κ2) is 16.1. The third-order valence-electron chi connectivity index (χ3n) is 7.31. The highest BCUT2D eigenvalue weighted by Gasteiger charge is 2.23. The van der Waals surface area contributed by atoms with Crippen molar-refractivity contribution in [3.63, 3.8) is 0 Å². The van der Waals surface area contributed by atoms with E-state index < -0.39 is 0 Å². The van der Waals surface area contributed by atoms with E-state index in [1.54, 1.807) is 6.20 Å². The second-order valence-electron chi connectivity index (χ2n) is 11.2. The molecule has 208 valence electrons. The molecule has 1 aromatic carbocycles. The largest absolute Gasteiger partial charge is 0.404 e. The van der Waals surface area contributed by atoms with Crippen LogP contribution in [0.3, 0.4) is 0 Å². The molecule has 0 aliphatic carbocycles. The van der Waals surface area contributed by atoms with Crippen LogP contribution in [0.2, 0.25) is 0 Å². The molecular formula is C35H53N3. The molecular weight excluding hydrogens is 462 g/mol. The molecule has 0 aliphatic heterocycles. The molecule has 1 aromatic rings. The topological polar surface area (TPSA) is 50.4 Å². The summed E-state index contributed by atoms with van der Waals surface area (Å²) >= 11 is 0. The van der Waals surface area contributed by atoms with Gasteiger partial charge in [-0.25, -0.2) is 0 Å². The van der Waals surface area contributed by atoms with Crippen LogP contribution >= 0.6 is 0 Å². The normalized spacial score (nSPS) is 14.2. The zero-order valence-corrected chi connectivity index (χ0v) is 25.5. The van der Waals surface area contributed by atoms with Crippen molar-refractivity contribution in [1.29, 1.82) is 0 Å². The van der Waals surface area contributed by atoms with Crippen LogP contribution in [0.4, 0.5) is 0 Å². The predicted octanol–water partition coefficient (Wildman–Crippen LogP) is 8.84. The monoisotopic (exact) mass is 515 g/mol. The third-order valence-corrected chi connectivity index (χ3v) is 7.31. The molecule has 0 bridgehead atoms. The molecule has 38 heavy (non-hydrogen) atoms. The third kappa shape index (κ3) is 9.76. The molecule has 0 saturated heterocycles. The van der Waals surface area contributed by atoms with Crippen LogP contribution in [0.1, 0.15) is 90.5 Å². The maximum Gasteiger partial charge on any atom is 0.0887 e. The Balaban J connectivity index is 3.66. The van der Waals surface area contributed by atoms with E-state index in [0.717, 1.165) is 60.1 Å². The standard InChI is InChI=1S/C35H53N3/c1-12-16-25(5)32(15-4)26(6)18-27(7)33-20-29(14-3)34(21-30(33)19-28(8)35(9,10)11)31(22-36)23-38-24-37-17-13-2/h13,15,18,20-23,28,37H,2,5-6,12,14,16-17,19,24,36H2,1,3-4,7-11H3/b27-18+,31-22+,32-15-,38-23?. The highest BCUT2D eigenvalue weighted by molar-refractivity contribution is 6.10. The summed E-state index contributed by atoms with van der Waals surface area (Å²) in [6, 6.07) is 4.69. The van der Waals surface area contributed by atoms with Gasteiger partial charge in [0.15, 0.2) is 0 Å². The number of rotatable bonds is 15. The lowest BCUT2D eigenvalue weighted by molar-refractivity contribution is 0.260. The van der Waals surface area contributed by atoms with E-state index in [1.165, 1.54) is 22.3 Å². The van der Waals surface area contributed by atoms with Crippen molar-refractivity contribution in [3.05, 3.63) is 95.3 Å². The molecule has 0 aliphatic rings. The Morgan fingerprint density at radius 2 is 1.79 bits per heavy atom.